The number of sulfonamides is 1. The van der Waals surface area contributed by atoms with Crippen LogP contribution in [-0.4, -0.2) is 28.3 Å². The topological polar surface area (TPSA) is 87.6 Å². The van der Waals surface area contributed by atoms with Crippen molar-refractivity contribution >= 4 is 48.9 Å². The molecule has 1 heterocycles. The summed E-state index contributed by atoms with van der Waals surface area (Å²) in [5, 5.41) is 3.21. The van der Waals surface area contributed by atoms with Crippen LogP contribution in [0.1, 0.15) is 19.4 Å². The largest absolute Gasteiger partial charge is 0.325 e. The van der Waals surface area contributed by atoms with Crippen LogP contribution in [0, 0.1) is 0 Å². The van der Waals surface area contributed by atoms with Gasteiger partial charge in [0.05, 0.1) is 27.1 Å². The van der Waals surface area contributed by atoms with Gasteiger partial charge in [-0.2, -0.15) is 0 Å². The molecule has 0 radical (unpaired) electrons. The highest BCUT2D eigenvalue weighted by Gasteiger charge is 2.33. The Bertz CT molecular complexity index is 1030. The van der Waals surface area contributed by atoms with Crippen LogP contribution in [-0.2, 0) is 26.6 Å². The lowest BCUT2D eigenvalue weighted by molar-refractivity contribution is 0.601. The van der Waals surface area contributed by atoms with E-state index in [-0.39, 0.29) is 10.6 Å². The van der Waals surface area contributed by atoms with Crippen molar-refractivity contribution in [1.82, 2.24) is 5.32 Å². The zero-order chi connectivity index (χ0) is 19.7. The van der Waals surface area contributed by atoms with E-state index in [0.29, 0.717) is 21.4 Å². The molecule has 9 heteroatoms. The smallest absolute Gasteiger partial charge is 0.261 e. The number of rotatable bonds is 5. The number of nitrogens with zero attached hydrogens (tertiary/aromatic N) is 1. The molecule has 142 valence electrons. The molecule has 3 rings (SSSR count). The molecule has 1 unspecified atom stereocenters. The second kappa shape index (κ2) is 7.49. The van der Waals surface area contributed by atoms with Crippen LogP contribution in [0.5, 0.6) is 0 Å². The van der Waals surface area contributed by atoms with Crippen molar-refractivity contribution in [1.29, 1.82) is 0 Å². The molecule has 27 heavy (non-hydrogen) atoms. The van der Waals surface area contributed by atoms with Crippen molar-refractivity contribution in [3.63, 3.8) is 0 Å². The molecule has 0 fully saturated rings. The minimum absolute atomic E-state index is 0.109. The summed E-state index contributed by atoms with van der Waals surface area (Å²) in [6.45, 7) is 3.68. The first-order valence-corrected chi connectivity index (χ1v) is 11.4. The summed E-state index contributed by atoms with van der Waals surface area (Å²) in [5.74, 6) is 0.109. The molecule has 2 aromatic rings. The number of hydrogen-bond acceptors (Lipinski definition) is 5. The lowest BCUT2D eigenvalue weighted by Gasteiger charge is -2.12. The highest BCUT2D eigenvalue weighted by Crippen LogP contribution is 2.23. The van der Waals surface area contributed by atoms with E-state index in [1.807, 2.05) is 13.8 Å². The number of thiocarbonyl (C=S) groups is 1. The highest BCUT2D eigenvalue weighted by molar-refractivity contribution is 8.00. The Labute approximate surface area is 166 Å². The Hall–Kier alpha value is -2.10. The summed E-state index contributed by atoms with van der Waals surface area (Å²) in [5.41, 5.74) is 0.403. The number of benzene rings is 2. The van der Waals surface area contributed by atoms with Crippen LogP contribution in [0.15, 0.2) is 64.5 Å². The Morgan fingerprint density at radius 3 is 2.37 bits per heavy atom. The predicted octanol–water partition coefficient (Wildman–Crippen LogP) is 2.80. The zero-order valence-corrected chi connectivity index (χ0v) is 17.2. The van der Waals surface area contributed by atoms with Crippen molar-refractivity contribution in [2.75, 3.05) is 4.72 Å². The fourth-order valence-electron chi connectivity index (χ4n) is 2.45. The molecule has 6 nitrogen and oxygen atoms in total. The van der Waals surface area contributed by atoms with Gasteiger partial charge in [0.15, 0.2) is 5.17 Å². The lowest BCUT2D eigenvalue weighted by atomic mass is 10.1. The van der Waals surface area contributed by atoms with E-state index >= 15 is 0 Å². The Balaban J connectivity index is 1.83. The van der Waals surface area contributed by atoms with Gasteiger partial charge in [-0.3, -0.25) is 8.93 Å². The van der Waals surface area contributed by atoms with Crippen molar-refractivity contribution in [3.05, 3.63) is 60.2 Å². The van der Waals surface area contributed by atoms with Crippen LogP contribution in [0.2, 0.25) is 0 Å². The SMILES string of the molecule is CC1(C)N=C(S(=O)Cc2ccccc2NS(=O)(=O)c2ccccc2)NC1=S. The number of anilines is 1. The van der Waals surface area contributed by atoms with Gasteiger partial charge in [-0.25, -0.2) is 13.4 Å². The number of para-hydroxylation sites is 1. The maximum atomic E-state index is 12.7. The minimum atomic E-state index is -3.73. The Kier molecular flexibility index (Phi) is 5.45. The fraction of sp³-hybridized carbons (Fsp3) is 0.222. The lowest BCUT2D eigenvalue weighted by Crippen LogP contribution is -2.34. The van der Waals surface area contributed by atoms with Crippen molar-refractivity contribution in [2.24, 2.45) is 4.99 Å². The molecular weight excluding hydrogens is 402 g/mol. The first kappa shape index (κ1) is 19.7. The molecule has 0 amide bonds. The molecule has 1 atom stereocenters. The van der Waals surface area contributed by atoms with Crippen LogP contribution in [0.3, 0.4) is 0 Å². The van der Waals surface area contributed by atoms with E-state index in [2.05, 4.69) is 15.0 Å². The van der Waals surface area contributed by atoms with Gasteiger partial charge in [0, 0.05) is 0 Å². The van der Waals surface area contributed by atoms with Crippen molar-refractivity contribution in [3.8, 4) is 0 Å². The second-order valence-electron chi connectivity index (χ2n) is 6.50. The van der Waals surface area contributed by atoms with Crippen molar-refractivity contribution in [2.45, 2.75) is 30.0 Å². The molecule has 0 aromatic heterocycles. The Morgan fingerprint density at radius 1 is 1.11 bits per heavy atom. The number of hydrogen-bond donors (Lipinski definition) is 2. The number of nitrogens with one attached hydrogen (secondary N) is 2. The van der Waals surface area contributed by atoms with Gasteiger partial charge in [-0.1, -0.05) is 48.6 Å². The molecule has 0 aliphatic carbocycles. The number of amidine groups is 1. The molecule has 1 aliphatic heterocycles. The van der Waals surface area contributed by atoms with Gasteiger partial charge in [-0.05, 0) is 37.6 Å². The molecule has 1 aliphatic rings. The maximum absolute atomic E-state index is 12.7. The van der Waals surface area contributed by atoms with Crippen molar-refractivity contribution < 1.29 is 12.6 Å². The number of aliphatic imine (C=N–C) groups is 1. The molecule has 0 spiro atoms. The van der Waals surface area contributed by atoms with E-state index in [4.69, 9.17) is 12.2 Å². The summed E-state index contributed by atoms with van der Waals surface area (Å²) in [6, 6.07) is 15.0. The molecule has 0 saturated heterocycles. The third kappa shape index (κ3) is 4.42. The van der Waals surface area contributed by atoms with Crippen LogP contribution >= 0.6 is 12.2 Å². The van der Waals surface area contributed by atoms with Crippen LogP contribution in [0.4, 0.5) is 5.69 Å². The van der Waals surface area contributed by atoms with Crippen LogP contribution in [0.25, 0.3) is 0 Å². The quantitative estimate of drug-likeness (QED) is 0.725. The highest BCUT2D eigenvalue weighted by atomic mass is 32.2. The van der Waals surface area contributed by atoms with Gasteiger partial charge >= 0.3 is 0 Å². The van der Waals surface area contributed by atoms with Gasteiger partial charge < -0.3 is 5.32 Å². The van der Waals surface area contributed by atoms with Gasteiger partial charge in [-0.15, -0.1) is 0 Å². The first-order chi connectivity index (χ1) is 12.7. The molecular formula is C18H19N3O3S3. The maximum Gasteiger partial charge on any atom is 0.261 e. The van der Waals surface area contributed by atoms with E-state index in [9.17, 15) is 12.6 Å². The zero-order valence-electron chi connectivity index (χ0n) is 14.8. The predicted molar refractivity (Wildman–Crippen MR) is 113 cm³/mol. The normalized spacial score (nSPS) is 17.1. The first-order valence-electron chi connectivity index (χ1n) is 8.14. The van der Waals surface area contributed by atoms with Gasteiger partial charge in [0.1, 0.15) is 10.5 Å². The molecule has 0 bridgehead atoms. The summed E-state index contributed by atoms with van der Waals surface area (Å²) < 4.78 is 40.5. The van der Waals surface area contributed by atoms with E-state index < -0.39 is 26.4 Å². The summed E-state index contributed by atoms with van der Waals surface area (Å²) in [4.78, 5) is 5.05. The monoisotopic (exact) mass is 421 g/mol. The average Bonchev–Trinajstić information content (AvgIpc) is 2.90. The molecule has 0 saturated carbocycles. The van der Waals surface area contributed by atoms with E-state index in [1.165, 1.54) is 12.1 Å². The molecule has 2 aromatic carbocycles. The van der Waals surface area contributed by atoms with Crippen LogP contribution < -0.4 is 10.0 Å². The van der Waals surface area contributed by atoms with E-state index in [1.54, 1.807) is 42.5 Å². The van der Waals surface area contributed by atoms with Gasteiger partial charge in [0.2, 0.25) is 0 Å². The summed E-state index contributed by atoms with van der Waals surface area (Å²) in [6.07, 6.45) is 0. The minimum Gasteiger partial charge on any atom is -0.325 e. The molecule has 2 N–H and O–H groups in total. The fourth-order valence-corrected chi connectivity index (χ4v) is 4.99. The second-order valence-corrected chi connectivity index (χ2v) is 9.95. The standard InChI is InChI=1S/C18H19N3O3S3/c1-18(2)16(25)19-17(20-18)26(22)12-13-8-6-7-11-15(13)21-27(23,24)14-9-4-3-5-10-14/h3-11,21H,12H2,1-2H3,(H,19,20,25). The van der Waals surface area contributed by atoms with Gasteiger partial charge in [0.25, 0.3) is 10.0 Å². The Morgan fingerprint density at radius 2 is 1.74 bits per heavy atom. The van der Waals surface area contributed by atoms with E-state index in [0.717, 1.165) is 0 Å². The summed E-state index contributed by atoms with van der Waals surface area (Å²) >= 11 is 5.22. The third-order valence-electron chi connectivity index (χ3n) is 3.97. The average molecular weight is 422 g/mol. The summed E-state index contributed by atoms with van der Waals surface area (Å²) in [7, 11) is -5.21. The third-order valence-corrected chi connectivity index (χ3v) is 7.16.